The van der Waals surface area contributed by atoms with Gasteiger partial charge in [0.15, 0.2) is 11.5 Å². The van der Waals surface area contributed by atoms with Gasteiger partial charge in [0.2, 0.25) is 0 Å². The lowest BCUT2D eigenvalue weighted by Gasteiger charge is -2.28. The van der Waals surface area contributed by atoms with Crippen LogP contribution in [-0.4, -0.2) is 32.4 Å². The summed E-state index contributed by atoms with van der Waals surface area (Å²) in [7, 11) is 4.47. The third-order valence-corrected chi connectivity index (χ3v) is 3.43. The minimum atomic E-state index is -0.914. The van der Waals surface area contributed by atoms with Gasteiger partial charge >= 0.3 is 5.97 Å². The summed E-state index contributed by atoms with van der Waals surface area (Å²) in [6.45, 7) is 3.58. The topological polar surface area (TPSA) is 65.0 Å². The van der Waals surface area contributed by atoms with Gasteiger partial charge in [-0.2, -0.15) is 0 Å². The molecule has 0 amide bonds. The van der Waals surface area contributed by atoms with Crippen LogP contribution in [0.25, 0.3) is 0 Å². The number of carboxylic acid groups (broad SMARTS) is 1. The maximum Gasteiger partial charge on any atom is 0.304 e. The van der Waals surface area contributed by atoms with Gasteiger partial charge in [0, 0.05) is 17.0 Å². The molecule has 0 saturated carbocycles. The third-order valence-electron chi connectivity index (χ3n) is 3.07. The second kappa shape index (κ2) is 6.22. The van der Waals surface area contributed by atoms with Gasteiger partial charge < -0.3 is 19.3 Å². The van der Waals surface area contributed by atoms with Crippen molar-refractivity contribution in [2.45, 2.75) is 25.7 Å². The highest BCUT2D eigenvalue weighted by Gasteiger charge is 2.33. The van der Waals surface area contributed by atoms with Crippen LogP contribution in [0.1, 0.15) is 25.8 Å². The van der Waals surface area contributed by atoms with Gasteiger partial charge in [0.05, 0.1) is 32.8 Å². The monoisotopic (exact) mass is 302 g/mol. The molecule has 0 aliphatic rings. The maximum atomic E-state index is 11.0. The summed E-state index contributed by atoms with van der Waals surface area (Å²) in [5.74, 6) is 0.356. The lowest BCUT2D eigenvalue weighted by atomic mass is 9.80. The Balaban J connectivity index is 3.56. The summed E-state index contributed by atoms with van der Waals surface area (Å²) in [6, 6.07) is 1.64. The summed E-state index contributed by atoms with van der Waals surface area (Å²) in [5.41, 5.74) is -0.130. The number of ether oxygens (including phenoxy) is 3. The van der Waals surface area contributed by atoms with Crippen molar-refractivity contribution >= 4 is 17.6 Å². The van der Waals surface area contributed by atoms with E-state index in [2.05, 4.69) is 0 Å². The fraction of sp³-hybridized carbons (Fsp3) is 0.500. The molecule has 0 heterocycles. The molecule has 0 unspecified atom stereocenters. The van der Waals surface area contributed by atoms with Crippen LogP contribution < -0.4 is 14.2 Å². The van der Waals surface area contributed by atoms with Crippen LogP contribution in [-0.2, 0) is 10.2 Å². The molecule has 112 valence electrons. The number of hydrogen-bond acceptors (Lipinski definition) is 4. The number of methoxy groups -OCH3 is 3. The molecular formula is C14H19ClO5. The Morgan fingerprint density at radius 3 is 2.15 bits per heavy atom. The summed E-state index contributed by atoms with van der Waals surface area (Å²) in [5, 5.41) is 9.35. The first kappa shape index (κ1) is 16.4. The first-order valence-corrected chi connectivity index (χ1v) is 6.37. The van der Waals surface area contributed by atoms with Gasteiger partial charge in [-0.15, -0.1) is 0 Å². The molecule has 5 nitrogen and oxygen atoms in total. The van der Waals surface area contributed by atoms with E-state index >= 15 is 0 Å². The molecular weight excluding hydrogens is 284 g/mol. The number of carbonyl (C=O) groups is 1. The number of halogens is 1. The Kier molecular flexibility index (Phi) is 5.11. The van der Waals surface area contributed by atoms with E-state index in [1.165, 1.54) is 21.3 Å². The largest absolute Gasteiger partial charge is 0.496 e. The molecule has 1 rings (SSSR count). The zero-order chi connectivity index (χ0) is 15.5. The third kappa shape index (κ3) is 3.10. The number of rotatable bonds is 6. The van der Waals surface area contributed by atoms with Gasteiger partial charge in [-0.3, -0.25) is 4.79 Å². The van der Waals surface area contributed by atoms with Crippen molar-refractivity contribution in [3.05, 3.63) is 16.7 Å². The van der Waals surface area contributed by atoms with E-state index in [1.807, 2.05) is 0 Å². The Morgan fingerprint density at radius 2 is 1.75 bits per heavy atom. The fourth-order valence-corrected chi connectivity index (χ4v) is 2.71. The Hall–Kier alpha value is -1.62. The predicted octanol–water partition coefficient (Wildman–Crippen LogP) is 3.12. The molecule has 1 aromatic rings. The number of hydrogen-bond donors (Lipinski definition) is 1. The summed E-state index contributed by atoms with van der Waals surface area (Å²) >= 11 is 6.37. The van der Waals surface area contributed by atoms with Gasteiger partial charge in [-0.1, -0.05) is 25.4 Å². The lowest BCUT2D eigenvalue weighted by molar-refractivity contribution is -0.138. The fourth-order valence-electron chi connectivity index (χ4n) is 2.19. The summed E-state index contributed by atoms with van der Waals surface area (Å²) in [4.78, 5) is 11.0. The number of benzene rings is 1. The zero-order valence-electron chi connectivity index (χ0n) is 12.2. The Morgan fingerprint density at radius 1 is 1.20 bits per heavy atom. The van der Waals surface area contributed by atoms with Crippen molar-refractivity contribution in [3.8, 4) is 17.2 Å². The van der Waals surface area contributed by atoms with E-state index in [9.17, 15) is 4.79 Å². The highest BCUT2D eigenvalue weighted by Crippen LogP contribution is 2.48. The number of aliphatic carboxylic acids is 1. The van der Waals surface area contributed by atoms with E-state index in [4.69, 9.17) is 30.9 Å². The summed E-state index contributed by atoms with van der Waals surface area (Å²) in [6.07, 6.45) is -0.0848. The molecule has 0 saturated heterocycles. The molecule has 0 atom stereocenters. The average Bonchev–Trinajstić information content (AvgIpc) is 2.35. The minimum Gasteiger partial charge on any atom is -0.496 e. The average molecular weight is 303 g/mol. The molecule has 0 fully saturated rings. The Bertz CT molecular complexity index is 511. The van der Waals surface area contributed by atoms with E-state index in [1.54, 1.807) is 19.9 Å². The first-order chi connectivity index (χ1) is 9.28. The molecule has 0 spiro atoms. The highest BCUT2D eigenvalue weighted by atomic mass is 35.5. The van der Waals surface area contributed by atoms with Crippen LogP contribution in [0.15, 0.2) is 6.07 Å². The van der Waals surface area contributed by atoms with Gasteiger partial charge in [-0.25, -0.2) is 0 Å². The highest BCUT2D eigenvalue weighted by molar-refractivity contribution is 6.33. The van der Waals surface area contributed by atoms with Crippen LogP contribution in [0.4, 0.5) is 0 Å². The minimum absolute atomic E-state index is 0.0848. The molecule has 6 heteroatoms. The molecule has 0 aromatic heterocycles. The van der Waals surface area contributed by atoms with E-state index < -0.39 is 11.4 Å². The van der Waals surface area contributed by atoms with Crippen LogP contribution in [0, 0.1) is 0 Å². The van der Waals surface area contributed by atoms with Gasteiger partial charge in [0.25, 0.3) is 0 Å². The van der Waals surface area contributed by atoms with Crippen molar-refractivity contribution < 1.29 is 24.1 Å². The summed E-state index contributed by atoms with van der Waals surface area (Å²) < 4.78 is 15.8. The predicted molar refractivity (Wildman–Crippen MR) is 76.4 cm³/mol. The van der Waals surface area contributed by atoms with Crippen LogP contribution in [0.3, 0.4) is 0 Å². The second-order valence-corrected chi connectivity index (χ2v) is 5.34. The molecule has 1 N–H and O–H groups in total. The molecule has 0 bridgehead atoms. The number of carboxylic acids is 1. The van der Waals surface area contributed by atoms with Crippen LogP contribution in [0.5, 0.6) is 17.2 Å². The lowest BCUT2D eigenvalue weighted by Crippen LogP contribution is -2.23. The SMILES string of the molecule is COc1cc(OC)c(C(C)(C)CC(=O)O)c(Cl)c1OC. The molecule has 1 aromatic carbocycles. The van der Waals surface area contributed by atoms with Crippen molar-refractivity contribution in [2.75, 3.05) is 21.3 Å². The van der Waals surface area contributed by atoms with Crippen molar-refractivity contribution in [2.24, 2.45) is 0 Å². The van der Waals surface area contributed by atoms with Gasteiger partial charge in [0.1, 0.15) is 5.75 Å². The van der Waals surface area contributed by atoms with Crippen molar-refractivity contribution in [1.29, 1.82) is 0 Å². The van der Waals surface area contributed by atoms with Crippen LogP contribution >= 0.6 is 11.6 Å². The quantitative estimate of drug-likeness (QED) is 0.874. The Labute approximate surface area is 123 Å². The second-order valence-electron chi connectivity index (χ2n) is 4.96. The van der Waals surface area contributed by atoms with E-state index in [0.717, 1.165) is 0 Å². The zero-order valence-corrected chi connectivity index (χ0v) is 13.0. The van der Waals surface area contributed by atoms with Crippen LogP contribution in [0.2, 0.25) is 5.02 Å². The van der Waals surface area contributed by atoms with Crippen molar-refractivity contribution in [1.82, 2.24) is 0 Å². The smallest absolute Gasteiger partial charge is 0.304 e. The molecule has 0 radical (unpaired) electrons. The molecule has 20 heavy (non-hydrogen) atoms. The van der Waals surface area contributed by atoms with Crippen molar-refractivity contribution in [3.63, 3.8) is 0 Å². The van der Waals surface area contributed by atoms with E-state index in [-0.39, 0.29) is 6.42 Å². The molecule has 0 aliphatic heterocycles. The standard InChI is InChI=1S/C14H19ClO5/c1-14(2,7-10(16)17)11-8(18-3)6-9(19-4)13(20-5)12(11)15/h6H,7H2,1-5H3,(H,16,17). The first-order valence-electron chi connectivity index (χ1n) is 5.99. The normalized spacial score (nSPS) is 11.1. The molecule has 0 aliphatic carbocycles. The maximum absolute atomic E-state index is 11.0. The van der Waals surface area contributed by atoms with E-state index in [0.29, 0.717) is 27.8 Å². The van der Waals surface area contributed by atoms with Gasteiger partial charge in [-0.05, 0) is 0 Å².